The minimum absolute atomic E-state index is 0.328. The molecule has 1 heterocycles. The molecule has 1 aliphatic carbocycles. The number of fused-ring (bicyclic) bond motifs is 3. The second kappa shape index (κ2) is 5.19. The third-order valence-electron chi connectivity index (χ3n) is 4.57. The summed E-state index contributed by atoms with van der Waals surface area (Å²) in [5.41, 5.74) is 3.86. The van der Waals surface area contributed by atoms with E-state index < -0.39 is 0 Å². The van der Waals surface area contributed by atoms with Crippen LogP contribution in [0.1, 0.15) is 29.5 Å². The van der Waals surface area contributed by atoms with Crippen LogP contribution in [-0.4, -0.2) is 0 Å². The minimum Gasteiger partial charge on any atom is -0.378 e. The molecule has 4 rings (SSSR count). The molecule has 1 N–H and O–H groups in total. The Balaban J connectivity index is 1.82. The van der Waals surface area contributed by atoms with E-state index in [1.54, 1.807) is 0 Å². The fourth-order valence-corrected chi connectivity index (χ4v) is 4.31. The topological polar surface area (TPSA) is 12.0 Å². The Kier molecular flexibility index (Phi) is 3.31. The first-order chi connectivity index (χ1) is 10.2. The van der Waals surface area contributed by atoms with E-state index in [9.17, 15) is 0 Å². The highest BCUT2D eigenvalue weighted by atomic mass is 79.9. The van der Waals surface area contributed by atoms with Crippen molar-refractivity contribution in [1.29, 1.82) is 0 Å². The normalized spacial score (nSPS) is 26.1. The van der Waals surface area contributed by atoms with Crippen molar-refractivity contribution in [3.8, 4) is 0 Å². The molecule has 0 amide bonds. The summed E-state index contributed by atoms with van der Waals surface area (Å²) in [6.45, 7) is 0. The van der Waals surface area contributed by atoms with Crippen molar-refractivity contribution in [3.05, 3.63) is 75.2 Å². The third-order valence-corrected chi connectivity index (χ3v) is 5.52. The van der Waals surface area contributed by atoms with Gasteiger partial charge in [0.15, 0.2) is 0 Å². The first kappa shape index (κ1) is 13.4. The Hall–Kier alpha value is -1.25. The predicted molar refractivity (Wildman–Crippen MR) is 91.9 cm³/mol. The molecule has 2 aromatic rings. The monoisotopic (exact) mass is 359 g/mol. The Morgan fingerprint density at radius 3 is 2.81 bits per heavy atom. The molecule has 2 aliphatic rings. The van der Waals surface area contributed by atoms with Gasteiger partial charge in [-0.25, -0.2) is 0 Å². The molecular weight excluding hydrogens is 346 g/mol. The average molecular weight is 361 g/mol. The second-order valence-electron chi connectivity index (χ2n) is 5.73. The highest BCUT2D eigenvalue weighted by Crippen LogP contribution is 2.51. The van der Waals surface area contributed by atoms with E-state index in [0.717, 1.165) is 11.4 Å². The summed E-state index contributed by atoms with van der Waals surface area (Å²) < 4.78 is 1.17. The van der Waals surface area contributed by atoms with Crippen LogP contribution in [-0.2, 0) is 0 Å². The lowest BCUT2D eigenvalue weighted by molar-refractivity contribution is 0.424. The lowest BCUT2D eigenvalue weighted by atomic mass is 9.77. The summed E-state index contributed by atoms with van der Waals surface area (Å²) in [4.78, 5) is 0. The number of hydrogen-bond donors (Lipinski definition) is 1. The molecule has 106 valence electrons. The molecule has 3 atom stereocenters. The van der Waals surface area contributed by atoms with Crippen molar-refractivity contribution >= 4 is 33.2 Å². The first-order valence-electron chi connectivity index (χ1n) is 7.21. The van der Waals surface area contributed by atoms with E-state index in [2.05, 4.69) is 69.8 Å². The number of allylic oxidation sites excluding steroid dienone is 2. The van der Waals surface area contributed by atoms with Crippen LogP contribution in [0.3, 0.4) is 0 Å². The quantitative estimate of drug-likeness (QED) is 0.622. The van der Waals surface area contributed by atoms with E-state index in [4.69, 9.17) is 11.6 Å². The predicted octanol–water partition coefficient (Wildman–Crippen LogP) is 5.93. The van der Waals surface area contributed by atoms with Crippen molar-refractivity contribution in [2.45, 2.75) is 18.4 Å². The molecule has 1 aliphatic heterocycles. The van der Waals surface area contributed by atoms with Crippen LogP contribution in [0.2, 0.25) is 5.02 Å². The van der Waals surface area contributed by atoms with Crippen molar-refractivity contribution in [2.24, 2.45) is 5.92 Å². The van der Waals surface area contributed by atoms with Gasteiger partial charge in [-0.05, 0) is 47.7 Å². The minimum atomic E-state index is 0.328. The number of halogens is 2. The Morgan fingerprint density at radius 1 is 1.10 bits per heavy atom. The van der Waals surface area contributed by atoms with Gasteiger partial charge in [0.1, 0.15) is 0 Å². The van der Waals surface area contributed by atoms with Gasteiger partial charge in [0.2, 0.25) is 0 Å². The number of rotatable bonds is 1. The number of benzene rings is 2. The second-order valence-corrected chi connectivity index (χ2v) is 7.02. The van der Waals surface area contributed by atoms with Gasteiger partial charge in [-0.3, -0.25) is 0 Å². The van der Waals surface area contributed by atoms with Gasteiger partial charge in [0.25, 0.3) is 0 Å². The molecular formula is C18H15BrClN. The molecule has 0 saturated carbocycles. The van der Waals surface area contributed by atoms with Gasteiger partial charge in [-0.2, -0.15) is 0 Å². The van der Waals surface area contributed by atoms with Crippen LogP contribution in [0.25, 0.3) is 0 Å². The Morgan fingerprint density at radius 2 is 1.95 bits per heavy atom. The van der Waals surface area contributed by atoms with E-state index >= 15 is 0 Å². The Labute approximate surface area is 138 Å². The van der Waals surface area contributed by atoms with E-state index in [1.807, 2.05) is 6.07 Å². The first-order valence-corrected chi connectivity index (χ1v) is 8.38. The lowest BCUT2D eigenvalue weighted by Crippen LogP contribution is -2.29. The van der Waals surface area contributed by atoms with Crippen LogP contribution in [0.5, 0.6) is 0 Å². The van der Waals surface area contributed by atoms with Gasteiger partial charge in [-0.1, -0.05) is 57.9 Å². The molecule has 0 fully saturated rings. The summed E-state index contributed by atoms with van der Waals surface area (Å²) in [6.07, 6.45) is 5.75. The van der Waals surface area contributed by atoms with E-state index in [-0.39, 0.29) is 0 Å². The van der Waals surface area contributed by atoms with Crippen LogP contribution < -0.4 is 5.32 Å². The van der Waals surface area contributed by atoms with Crippen LogP contribution >= 0.6 is 27.5 Å². The summed E-state index contributed by atoms with van der Waals surface area (Å²) in [5.74, 6) is 1.01. The maximum Gasteiger partial charge on any atom is 0.0565 e. The Bertz CT molecular complexity index is 725. The highest BCUT2D eigenvalue weighted by Gasteiger charge is 2.38. The van der Waals surface area contributed by atoms with Gasteiger partial charge in [0, 0.05) is 21.1 Å². The molecule has 21 heavy (non-hydrogen) atoms. The van der Waals surface area contributed by atoms with Crippen molar-refractivity contribution in [3.63, 3.8) is 0 Å². The molecule has 1 nitrogen and oxygen atoms in total. The van der Waals surface area contributed by atoms with E-state index in [1.165, 1.54) is 21.3 Å². The number of nitrogens with one attached hydrogen (secondary N) is 1. The molecule has 2 aromatic carbocycles. The summed E-state index contributed by atoms with van der Waals surface area (Å²) in [7, 11) is 0. The molecule has 0 aromatic heterocycles. The largest absolute Gasteiger partial charge is 0.378 e. The fraction of sp³-hybridized carbons (Fsp3) is 0.222. The average Bonchev–Trinajstić information content (AvgIpc) is 2.97. The summed E-state index contributed by atoms with van der Waals surface area (Å²) >= 11 is 9.89. The van der Waals surface area contributed by atoms with Gasteiger partial charge < -0.3 is 5.32 Å². The maximum atomic E-state index is 6.19. The molecule has 3 heteroatoms. The zero-order valence-corrected chi connectivity index (χ0v) is 13.7. The van der Waals surface area contributed by atoms with Gasteiger partial charge in [-0.15, -0.1) is 0 Å². The molecule has 0 unspecified atom stereocenters. The lowest BCUT2D eigenvalue weighted by Gasteiger charge is -2.38. The molecule has 0 spiro atoms. The SMILES string of the molecule is Clc1ccc2c(c1)[C@H]1C=CC[C@@H]1[C@H](c1ccccc1Br)N2. The molecule has 0 saturated heterocycles. The van der Waals surface area contributed by atoms with Crippen LogP contribution in [0.15, 0.2) is 59.1 Å². The number of anilines is 1. The van der Waals surface area contributed by atoms with Crippen molar-refractivity contribution < 1.29 is 0 Å². The van der Waals surface area contributed by atoms with Crippen LogP contribution in [0, 0.1) is 5.92 Å². The third kappa shape index (κ3) is 2.21. The maximum absolute atomic E-state index is 6.19. The van der Waals surface area contributed by atoms with Gasteiger partial charge in [0.05, 0.1) is 6.04 Å². The summed E-state index contributed by atoms with van der Waals surface area (Å²) in [5, 5.41) is 4.54. The number of hydrogen-bond acceptors (Lipinski definition) is 1. The highest BCUT2D eigenvalue weighted by molar-refractivity contribution is 9.10. The van der Waals surface area contributed by atoms with Crippen molar-refractivity contribution in [1.82, 2.24) is 0 Å². The summed E-state index contributed by atoms with van der Waals surface area (Å²) in [6, 6.07) is 15.0. The molecule has 0 bridgehead atoms. The van der Waals surface area contributed by atoms with Crippen molar-refractivity contribution in [2.75, 3.05) is 5.32 Å². The molecule has 0 radical (unpaired) electrons. The van der Waals surface area contributed by atoms with Gasteiger partial charge >= 0.3 is 0 Å². The zero-order chi connectivity index (χ0) is 14.4. The standard InChI is InChI=1S/C18H15BrClN/c19-16-7-2-1-4-14(16)18-13-6-3-5-12(13)15-10-11(20)8-9-17(15)21-18/h1-5,7-10,12-13,18,21H,6H2/t12-,13-,18+/m0/s1. The van der Waals surface area contributed by atoms with E-state index in [0.29, 0.717) is 17.9 Å². The fourth-order valence-electron chi connectivity index (χ4n) is 3.60. The zero-order valence-electron chi connectivity index (χ0n) is 11.4. The smallest absolute Gasteiger partial charge is 0.0565 e. The van der Waals surface area contributed by atoms with Crippen LogP contribution in [0.4, 0.5) is 5.69 Å².